The topological polar surface area (TPSA) is 42.2 Å². The van der Waals surface area contributed by atoms with Crippen molar-refractivity contribution in [2.24, 2.45) is 0 Å². The average molecular weight is 400 g/mol. The summed E-state index contributed by atoms with van der Waals surface area (Å²) in [5.74, 6) is -0.295. The predicted molar refractivity (Wildman–Crippen MR) is 82.1 cm³/mol. The Morgan fingerprint density at radius 2 is 2.05 bits per heavy atom. The number of anilines is 1. The van der Waals surface area contributed by atoms with Crippen molar-refractivity contribution < 1.29 is 4.39 Å². The highest BCUT2D eigenvalue weighted by molar-refractivity contribution is 9.10. The molecule has 0 saturated heterocycles. The van der Waals surface area contributed by atoms with Crippen LogP contribution >= 0.6 is 31.9 Å². The van der Waals surface area contributed by atoms with Gasteiger partial charge in [-0.2, -0.15) is 0 Å². The van der Waals surface area contributed by atoms with Gasteiger partial charge in [0.25, 0.3) is 0 Å². The molecule has 0 bridgehead atoms. The van der Waals surface area contributed by atoms with Crippen molar-refractivity contribution in [3.05, 3.63) is 57.4 Å². The molecule has 0 radical (unpaired) electrons. The lowest BCUT2D eigenvalue weighted by Crippen LogP contribution is -2.05. The molecule has 0 unspecified atom stereocenters. The van der Waals surface area contributed by atoms with Crippen molar-refractivity contribution in [3.63, 3.8) is 0 Å². The van der Waals surface area contributed by atoms with Crippen molar-refractivity contribution in [1.29, 1.82) is 0 Å². The largest absolute Gasteiger partial charge is 0.376 e. The van der Waals surface area contributed by atoms with Gasteiger partial charge in [0, 0.05) is 10.7 Å². The van der Waals surface area contributed by atoms with Crippen molar-refractivity contribution in [2.45, 2.75) is 6.54 Å². The third-order valence-electron chi connectivity index (χ3n) is 2.85. The van der Waals surface area contributed by atoms with Crippen LogP contribution in [0.4, 0.5) is 10.1 Å². The molecule has 3 rings (SSSR count). The molecular weight excluding hydrogens is 391 g/mol. The van der Waals surface area contributed by atoms with Crippen LogP contribution in [0.5, 0.6) is 0 Å². The zero-order valence-electron chi connectivity index (χ0n) is 10.1. The molecule has 0 saturated carbocycles. The highest BCUT2D eigenvalue weighted by Gasteiger charge is 2.08. The fraction of sp³-hybridized carbons (Fsp3) is 0.0769. The smallest absolute Gasteiger partial charge is 0.155 e. The van der Waals surface area contributed by atoms with Gasteiger partial charge in [-0.1, -0.05) is 6.07 Å². The first-order valence-electron chi connectivity index (χ1n) is 5.80. The van der Waals surface area contributed by atoms with Crippen LogP contribution in [0.25, 0.3) is 5.65 Å². The van der Waals surface area contributed by atoms with Crippen LogP contribution in [0, 0.1) is 5.82 Å². The Kier molecular flexibility index (Phi) is 3.71. The molecule has 7 heteroatoms. The SMILES string of the molecule is Fc1cccc(Br)c1NCc1cnc2cnc(Br)cn12. The van der Waals surface area contributed by atoms with E-state index in [1.54, 1.807) is 24.5 Å². The van der Waals surface area contributed by atoms with Crippen molar-refractivity contribution in [3.8, 4) is 0 Å². The summed E-state index contributed by atoms with van der Waals surface area (Å²) >= 11 is 6.65. The fourth-order valence-corrected chi connectivity index (χ4v) is 2.68. The second-order valence-corrected chi connectivity index (χ2v) is 5.80. The summed E-state index contributed by atoms with van der Waals surface area (Å²) in [7, 11) is 0. The normalized spacial score (nSPS) is 10.9. The first-order valence-corrected chi connectivity index (χ1v) is 7.39. The van der Waals surface area contributed by atoms with Crippen LogP contribution < -0.4 is 5.32 Å². The number of imidazole rings is 1. The Morgan fingerprint density at radius 3 is 2.85 bits per heavy atom. The quantitative estimate of drug-likeness (QED) is 0.723. The molecule has 0 spiro atoms. The Labute approximate surface area is 131 Å². The predicted octanol–water partition coefficient (Wildman–Crippen LogP) is 4.01. The van der Waals surface area contributed by atoms with E-state index in [-0.39, 0.29) is 5.82 Å². The second kappa shape index (κ2) is 5.49. The summed E-state index contributed by atoms with van der Waals surface area (Å²) in [6.45, 7) is 0.456. The summed E-state index contributed by atoms with van der Waals surface area (Å²) in [5, 5.41) is 3.08. The fourth-order valence-electron chi connectivity index (χ4n) is 1.89. The third kappa shape index (κ3) is 2.55. The van der Waals surface area contributed by atoms with Crippen molar-refractivity contribution >= 4 is 43.2 Å². The maximum Gasteiger partial charge on any atom is 0.155 e. The summed E-state index contributed by atoms with van der Waals surface area (Å²) in [6, 6.07) is 4.87. The van der Waals surface area contributed by atoms with Gasteiger partial charge in [0.05, 0.1) is 30.3 Å². The van der Waals surface area contributed by atoms with Gasteiger partial charge in [0.15, 0.2) is 5.65 Å². The van der Waals surface area contributed by atoms with E-state index in [1.807, 2.05) is 10.6 Å². The number of rotatable bonds is 3. The van der Waals surface area contributed by atoms with E-state index in [9.17, 15) is 4.39 Å². The number of fused-ring (bicyclic) bond motifs is 1. The number of hydrogen-bond acceptors (Lipinski definition) is 3. The Bertz CT molecular complexity index is 752. The maximum atomic E-state index is 13.7. The van der Waals surface area contributed by atoms with Crippen LogP contribution in [-0.4, -0.2) is 14.4 Å². The number of benzene rings is 1. The molecule has 2 aromatic heterocycles. The number of para-hydroxylation sites is 1. The Hall–Kier alpha value is -1.47. The average Bonchev–Trinajstić information content (AvgIpc) is 2.81. The van der Waals surface area contributed by atoms with E-state index in [0.29, 0.717) is 16.7 Å². The highest BCUT2D eigenvalue weighted by Crippen LogP contribution is 2.25. The minimum Gasteiger partial charge on any atom is -0.376 e. The molecular formula is C13H9Br2FN4. The van der Waals surface area contributed by atoms with Gasteiger partial charge in [-0.05, 0) is 44.0 Å². The molecule has 20 heavy (non-hydrogen) atoms. The van der Waals surface area contributed by atoms with Crippen molar-refractivity contribution in [2.75, 3.05) is 5.32 Å². The van der Waals surface area contributed by atoms with E-state index in [1.165, 1.54) is 6.07 Å². The highest BCUT2D eigenvalue weighted by atomic mass is 79.9. The third-order valence-corrected chi connectivity index (χ3v) is 3.92. The number of nitrogens with one attached hydrogen (secondary N) is 1. The van der Waals surface area contributed by atoms with E-state index in [0.717, 1.165) is 15.9 Å². The Morgan fingerprint density at radius 1 is 1.20 bits per heavy atom. The van der Waals surface area contributed by atoms with Gasteiger partial charge in [-0.15, -0.1) is 0 Å². The summed E-state index contributed by atoms with van der Waals surface area (Å²) < 4.78 is 17.0. The zero-order valence-corrected chi connectivity index (χ0v) is 13.3. The van der Waals surface area contributed by atoms with Gasteiger partial charge in [-0.25, -0.2) is 14.4 Å². The van der Waals surface area contributed by atoms with Crippen LogP contribution in [0.15, 0.2) is 45.9 Å². The molecule has 0 fully saturated rings. The minimum atomic E-state index is -0.295. The van der Waals surface area contributed by atoms with E-state index < -0.39 is 0 Å². The van der Waals surface area contributed by atoms with Gasteiger partial charge >= 0.3 is 0 Å². The number of aromatic nitrogens is 3. The molecule has 0 amide bonds. The van der Waals surface area contributed by atoms with E-state index in [4.69, 9.17) is 0 Å². The number of halogens is 3. The standard InChI is InChI=1S/C13H9Br2FN4/c14-9-2-1-3-10(16)13(9)19-5-8-4-18-12-6-17-11(15)7-20(8)12/h1-4,6-7,19H,5H2. The van der Waals surface area contributed by atoms with Gasteiger partial charge < -0.3 is 5.32 Å². The monoisotopic (exact) mass is 398 g/mol. The van der Waals surface area contributed by atoms with Crippen LogP contribution in [-0.2, 0) is 6.54 Å². The van der Waals surface area contributed by atoms with Crippen molar-refractivity contribution in [1.82, 2.24) is 14.4 Å². The van der Waals surface area contributed by atoms with Gasteiger partial charge in [0.1, 0.15) is 10.4 Å². The molecule has 102 valence electrons. The molecule has 0 aliphatic carbocycles. The number of hydrogen-bond donors (Lipinski definition) is 1. The number of nitrogens with zero attached hydrogens (tertiary/aromatic N) is 3. The molecule has 3 aromatic rings. The summed E-state index contributed by atoms with van der Waals surface area (Å²) in [6.07, 6.45) is 5.24. The molecule has 0 aliphatic rings. The van der Waals surface area contributed by atoms with Crippen LogP contribution in [0.3, 0.4) is 0 Å². The lowest BCUT2D eigenvalue weighted by atomic mass is 10.3. The first kappa shape index (κ1) is 13.5. The van der Waals surface area contributed by atoms with E-state index >= 15 is 0 Å². The lowest BCUT2D eigenvalue weighted by molar-refractivity contribution is 0.629. The molecule has 4 nitrogen and oxygen atoms in total. The zero-order chi connectivity index (χ0) is 14.1. The molecule has 1 N–H and O–H groups in total. The first-order chi connectivity index (χ1) is 9.65. The van der Waals surface area contributed by atoms with Gasteiger partial charge in [-0.3, -0.25) is 4.40 Å². The van der Waals surface area contributed by atoms with Crippen LogP contribution in [0.1, 0.15) is 5.69 Å². The summed E-state index contributed by atoms with van der Waals surface area (Å²) in [5.41, 5.74) is 2.10. The molecule has 0 aliphatic heterocycles. The lowest BCUT2D eigenvalue weighted by Gasteiger charge is -2.09. The second-order valence-electron chi connectivity index (χ2n) is 4.14. The van der Waals surface area contributed by atoms with Crippen LogP contribution in [0.2, 0.25) is 0 Å². The minimum absolute atomic E-state index is 0.295. The van der Waals surface area contributed by atoms with E-state index in [2.05, 4.69) is 47.1 Å². The molecule has 0 atom stereocenters. The summed E-state index contributed by atoms with van der Waals surface area (Å²) in [4.78, 5) is 8.36. The molecule has 2 heterocycles. The molecule has 1 aromatic carbocycles. The maximum absolute atomic E-state index is 13.7. The Balaban J connectivity index is 1.89. The van der Waals surface area contributed by atoms with Gasteiger partial charge in [0.2, 0.25) is 0 Å².